The molecule has 162 valence electrons. The molecule has 0 aliphatic heterocycles. The van der Waals surface area contributed by atoms with Crippen molar-refractivity contribution in [1.82, 2.24) is 19.7 Å². The van der Waals surface area contributed by atoms with Crippen molar-refractivity contribution in [1.29, 1.82) is 0 Å². The van der Waals surface area contributed by atoms with Crippen LogP contribution in [0.2, 0.25) is 0 Å². The molecular formula is C21H23N5O3S2. The van der Waals surface area contributed by atoms with Crippen LogP contribution in [0.3, 0.4) is 0 Å². The first-order valence-corrected chi connectivity index (χ1v) is 12.3. The van der Waals surface area contributed by atoms with Crippen LogP contribution >= 0.6 is 11.3 Å². The van der Waals surface area contributed by atoms with Crippen molar-refractivity contribution in [3.05, 3.63) is 41.2 Å². The lowest BCUT2D eigenvalue weighted by atomic mass is 9.40. The van der Waals surface area contributed by atoms with E-state index in [1.54, 1.807) is 30.6 Å². The number of nitrogens with two attached hydrogens (primary N) is 1. The normalized spacial score (nSPS) is 24.5. The van der Waals surface area contributed by atoms with Gasteiger partial charge >= 0.3 is 0 Å². The number of nitrogen functional groups attached to an aromatic ring is 1. The Labute approximate surface area is 184 Å². The summed E-state index contributed by atoms with van der Waals surface area (Å²) in [5, 5.41) is 10.3. The van der Waals surface area contributed by atoms with E-state index >= 15 is 0 Å². The van der Waals surface area contributed by atoms with Gasteiger partial charge in [0.15, 0.2) is 5.82 Å². The summed E-state index contributed by atoms with van der Waals surface area (Å²) in [6.45, 7) is 3.92. The maximum absolute atomic E-state index is 13.1. The van der Waals surface area contributed by atoms with Crippen molar-refractivity contribution in [2.24, 2.45) is 5.41 Å². The van der Waals surface area contributed by atoms with Gasteiger partial charge in [-0.1, -0.05) is 6.07 Å². The highest BCUT2D eigenvalue weighted by Crippen LogP contribution is 2.67. The van der Waals surface area contributed by atoms with Gasteiger partial charge in [0.2, 0.25) is 10.0 Å². The zero-order valence-electron chi connectivity index (χ0n) is 17.2. The molecule has 0 unspecified atom stereocenters. The van der Waals surface area contributed by atoms with Crippen LogP contribution in [0.15, 0.2) is 35.5 Å². The van der Waals surface area contributed by atoms with E-state index in [4.69, 9.17) is 5.73 Å². The van der Waals surface area contributed by atoms with E-state index < -0.39 is 15.6 Å². The van der Waals surface area contributed by atoms with E-state index in [1.807, 2.05) is 13.8 Å². The molecule has 3 aromatic rings. The molecule has 3 aliphatic rings. The number of benzene rings is 1. The van der Waals surface area contributed by atoms with Crippen molar-refractivity contribution in [3.63, 3.8) is 0 Å². The van der Waals surface area contributed by atoms with Gasteiger partial charge in [-0.15, -0.1) is 11.3 Å². The third-order valence-electron chi connectivity index (χ3n) is 6.28. The van der Waals surface area contributed by atoms with Crippen molar-refractivity contribution in [2.75, 3.05) is 12.3 Å². The number of aliphatic hydroxyl groups excluding tert-OH is 1. The summed E-state index contributed by atoms with van der Waals surface area (Å²) in [7, 11) is -3.70. The second-order valence-corrected chi connectivity index (χ2v) is 11.7. The number of anilines is 1. The second-order valence-electron chi connectivity index (χ2n) is 8.78. The molecule has 2 heterocycles. The molecule has 3 fully saturated rings. The molecule has 10 heteroatoms. The van der Waals surface area contributed by atoms with Crippen LogP contribution in [0.4, 0.5) is 5.82 Å². The number of aromatic nitrogens is 3. The zero-order chi connectivity index (χ0) is 22.0. The van der Waals surface area contributed by atoms with Gasteiger partial charge in [-0.05, 0) is 56.2 Å². The summed E-state index contributed by atoms with van der Waals surface area (Å²) in [5.41, 5.74) is 8.21. The average Bonchev–Trinajstić information content (AvgIpc) is 3.10. The number of aliphatic hydroxyl groups is 1. The number of thiazole rings is 1. The van der Waals surface area contributed by atoms with E-state index in [9.17, 15) is 13.5 Å². The maximum Gasteiger partial charge on any atom is 0.241 e. The largest absolute Gasteiger partial charge is 0.396 e. The topological polar surface area (TPSA) is 131 Å². The molecule has 3 aliphatic carbocycles. The van der Waals surface area contributed by atoms with Gasteiger partial charge in [-0.2, -0.15) is 0 Å². The molecule has 0 saturated heterocycles. The Balaban J connectivity index is 1.48. The quantitative estimate of drug-likeness (QED) is 0.518. The molecule has 0 amide bonds. The first-order valence-electron chi connectivity index (χ1n) is 9.96. The predicted octanol–water partition coefficient (Wildman–Crippen LogP) is 2.66. The molecular weight excluding hydrogens is 434 g/mol. The average molecular weight is 458 g/mol. The summed E-state index contributed by atoms with van der Waals surface area (Å²) in [5.74, 6) is 0.303. The van der Waals surface area contributed by atoms with Crippen LogP contribution in [-0.4, -0.2) is 40.6 Å². The lowest BCUT2D eigenvalue weighted by molar-refractivity contribution is -0.167. The predicted molar refractivity (Wildman–Crippen MR) is 119 cm³/mol. The minimum Gasteiger partial charge on any atom is -0.396 e. The third kappa shape index (κ3) is 3.34. The Morgan fingerprint density at radius 1 is 1.19 bits per heavy atom. The lowest BCUT2D eigenvalue weighted by Gasteiger charge is -2.69. The van der Waals surface area contributed by atoms with Crippen LogP contribution in [0, 0.1) is 19.3 Å². The third-order valence-corrected chi connectivity index (χ3v) is 8.77. The molecule has 1 aromatic carbocycles. The van der Waals surface area contributed by atoms with Crippen LogP contribution in [0.5, 0.6) is 0 Å². The summed E-state index contributed by atoms with van der Waals surface area (Å²) in [6, 6.07) is 5.01. The van der Waals surface area contributed by atoms with Gasteiger partial charge in [0.25, 0.3) is 0 Å². The number of nitrogens with one attached hydrogen (secondary N) is 1. The van der Waals surface area contributed by atoms with Gasteiger partial charge in [0, 0.05) is 23.9 Å². The van der Waals surface area contributed by atoms with Crippen LogP contribution in [-0.2, 0) is 10.0 Å². The van der Waals surface area contributed by atoms with Gasteiger partial charge < -0.3 is 10.8 Å². The SMILES string of the molecule is Cc1ncc(-c2nc(-c3cc(S(=O)(=O)NC45CC(CO)(C4)C5)ccc3C)cnc2N)s1. The molecule has 8 nitrogen and oxygen atoms in total. The van der Waals surface area contributed by atoms with E-state index in [0.717, 1.165) is 15.4 Å². The fourth-order valence-electron chi connectivity index (χ4n) is 4.84. The lowest BCUT2D eigenvalue weighted by Crippen LogP contribution is -2.75. The fraction of sp³-hybridized carbons (Fsp3) is 0.381. The van der Waals surface area contributed by atoms with Crippen molar-refractivity contribution < 1.29 is 13.5 Å². The minimum atomic E-state index is -3.70. The maximum atomic E-state index is 13.1. The fourth-order valence-corrected chi connectivity index (χ4v) is 7.04. The van der Waals surface area contributed by atoms with Gasteiger partial charge in [0.05, 0.1) is 26.7 Å². The molecule has 31 heavy (non-hydrogen) atoms. The highest BCUT2D eigenvalue weighted by atomic mass is 32.2. The second kappa shape index (κ2) is 6.80. The van der Waals surface area contributed by atoms with Crippen LogP contribution < -0.4 is 10.5 Å². The number of aryl methyl sites for hydroxylation is 2. The van der Waals surface area contributed by atoms with E-state index in [2.05, 4.69) is 19.7 Å². The molecule has 4 N–H and O–H groups in total. The Morgan fingerprint density at radius 2 is 1.94 bits per heavy atom. The molecule has 6 rings (SSSR count). The molecule has 0 spiro atoms. The number of hydrogen-bond acceptors (Lipinski definition) is 8. The van der Waals surface area contributed by atoms with Crippen LogP contribution in [0.1, 0.15) is 29.8 Å². The molecule has 0 atom stereocenters. The number of sulfonamides is 1. The summed E-state index contributed by atoms with van der Waals surface area (Å²) >= 11 is 1.47. The molecule has 2 bridgehead atoms. The van der Waals surface area contributed by atoms with Crippen molar-refractivity contribution in [2.45, 2.75) is 43.5 Å². The number of hydrogen-bond donors (Lipinski definition) is 3. The highest BCUT2D eigenvalue weighted by Gasteiger charge is 2.68. The standard InChI is InChI=1S/C21H23N5O3S2/c1-12-3-4-14(31(28,29)26-21-8-20(9-21,10-21)11-27)5-15(12)16-6-24-19(22)18(25-16)17-7-23-13(2)30-17/h3-7,26-27H,8-11H2,1-2H3,(H2,22,24). The minimum absolute atomic E-state index is 0.0775. The summed E-state index contributed by atoms with van der Waals surface area (Å²) < 4.78 is 29.0. The number of rotatable bonds is 6. The number of nitrogens with zero attached hydrogens (tertiary/aromatic N) is 3. The van der Waals surface area contributed by atoms with E-state index in [-0.39, 0.29) is 16.9 Å². The smallest absolute Gasteiger partial charge is 0.241 e. The van der Waals surface area contributed by atoms with E-state index in [1.165, 1.54) is 11.3 Å². The van der Waals surface area contributed by atoms with Gasteiger partial charge in [-0.25, -0.2) is 28.1 Å². The monoisotopic (exact) mass is 457 g/mol. The zero-order valence-corrected chi connectivity index (χ0v) is 18.8. The Hall–Kier alpha value is -2.40. The first-order chi connectivity index (χ1) is 14.6. The Kier molecular flexibility index (Phi) is 4.50. The summed E-state index contributed by atoms with van der Waals surface area (Å²) in [4.78, 5) is 14.2. The van der Waals surface area contributed by atoms with Gasteiger partial charge in [0.1, 0.15) is 5.69 Å². The van der Waals surface area contributed by atoms with Gasteiger partial charge in [-0.3, -0.25) is 0 Å². The molecule has 3 saturated carbocycles. The Bertz CT molecular complexity index is 1280. The van der Waals surface area contributed by atoms with Crippen molar-refractivity contribution >= 4 is 27.2 Å². The summed E-state index contributed by atoms with van der Waals surface area (Å²) in [6.07, 6.45) is 5.34. The van der Waals surface area contributed by atoms with Crippen LogP contribution in [0.25, 0.3) is 21.8 Å². The Morgan fingerprint density at radius 3 is 2.58 bits per heavy atom. The van der Waals surface area contributed by atoms with E-state index in [0.29, 0.717) is 42.0 Å². The van der Waals surface area contributed by atoms with Crippen molar-refractivity contribution in [3.8, 4) is 21.8 Å². The molecule has 2 aromatic heterocycles. The first kappa shape index (κ1) is 20.5. The molecule has 0 radical (unpaired) electrons. The highest BCUT2D eigenvalue weighted by molar-refractivity contribution is 7.89.